The molecule has 0 saturated carbocycles. The third kappa shape index (κ3) is 2.90. The summed E-state index contributed by atoms with van der Waals surface area (Å²) in [7, 11) is 4.88. The number of carbonyl (C=O) groups is 1. The summed E-state index contributed by atoms with van der Waals surface area (Å²) < 4.78 is 40.0. The molecule has 0 amide bonds. The Balaban J connectivity index is 2.68. The molecule has 2 aromatic rings. The molecule has 0 unspecified atom stereocenters. The SMILES string of the molecule is CN(C)c1ccc(C(F)(F)F)cc1-c1cc(C(=O)O)nn1C. The van der Waals surface area contributed by atoms with Gasteiger partial charge in [-0.2, -0.15) is 18.3 Å². The van der Waals surface area contributed by atoms with E-state index in [2.05, 4.69) is 5.10 Å². The van der Waals surface area contributed by atoms with E-state index in [0.29, 0.717) is 11.4 Å². The van der Waals surface area contributed by atoms with Gasteiger partial charge >= 0.3 is 12.1 Å². The highest BCUT2D eigenvalue weighted by molar-refractivity contribution is 5.88. The van der Waals surface area contributed by atoms with Crippen molar-refractivity contribution in [2.75, 3.05) is 19.0 Å². The van der Waals surface area contributed by atoms with Crippen molar-refractivity contribution in [1.82, 2.24) is 9.78 Å². The lowest BCUT2D eigenvalue weighted by molar-refractivity contribution is -0.137. The first-order chi connectivity index (χ1) is 10.1. The van der Waals surface area contributed by atoms with E-state index in [1.807, 2.05) is 0 Å². The maximum atomic E-state index is 12.9. The normalized spacial score (nSPS) is 11.5. The van der Waals surface area contributed by atoms with Crippen LogP contribution < -0.4 is 4.90 Å². The minimum absolute atomic E-state index is 0.223. The first kappa shape index (κ1) is 15.9. The standard InChI is InChI=1S/C14H14F3N3O2/c1-19(2)11-5-4-8(14(15,16)17)6-9(11)12-7-10(13(21)22)18-20(12)3/h4-7H,1-3H3,(H,21,22). The Bertz CT molecular complexity index is 721. The fraction of sp³-hybridized carbons (Fsp3) is 0.286. The number of anilines is 1. The summed E-state index contributed by atoms with van der Waals surface area (Å²) in [5.74, 6) is -1.24. The molecule has 0 fully saturated rings. The molecule has 0 bridgehead atoms. The smallest absolute Gasteiger partial charge is 0.416 e. The predicted octanol–water partition coefficient (Wildman–Crippen LogP) is 2.87. The van der Waals surface area contributed by atoms with E-state index < -0.39 is 17.7 Å². The first-order valence-corrected chi connectivity index (χ1v) is 6.27. The molecule has 118 valence electrons. The zero-order valence-electron chi connectivity index (χ0n) is 12.1. The first-order valence-electron chi connectivity index (χ1n) is 6.27. The second kappa shape index (κ2) is 5.36. The van der Waals surface area contributed by atoms with E-state index in [4.69, 9.17) is 5.11 Å². The Morgan fingerprint density at radius 2 is 1.91 bits per heavy atom. The van der Waals surface area contributed by atoms with Crippen molar-refractivity contribution in [3.63, 3.8) is 0 Å². The van der Waals surface area contributed by atoms with Crippen LogP contribution in [-0.2, 0) is 13.2 Å². The molecular weight excluding hydrogens is 299 g/mol. The van der Waals surface area contributed by atoms with Gasteiger partial charge in [-0.15, -0.1) is 0 Å². The van der Waals surface area contributed by atoms with Gasteiger partial charge in [-0.25, -0.2) is 4.79 Å². The zero-order chi connectivity index (χ0) is 16.7. The number of aromatic nitrogens is 2. The summed E-state index contributed by atoms with van der Waals surface area (Å²) in [6, 6.07) is 4.60. The molecule has 0 radical (unpaired) electrons. The molecule has 0 spiro atoms. The van der Waals surface area contributed by atoms with Crippen LogP contribution in [0.15, 0.2) is 24.3 Å². The summed E-state index contributed by atoms with van der Waals surface area (Å²) in [6.07, 6.45) is -4.48. The third-order valence-electron chi connectivity index (χ3n) is 3.18. The quantitative estimate of drug-likeness (QED) is 0.946. The van der Waals surface area contributed by atoms with Gasteiger partial charge in [0.1, 0.15) is 0 Å². The fourth-order valence-electron chi connectivity index (χ4n) is 2.13. The van der Waals surface area contributed by atoms with E-state index >= 15 is 0 Å². The van der Waals surface area contributed by atoms with Crippen molar-refractivity contribution in [3.05, 3.63) is 35.5 Å². The van der Waals surface area contributed by atoms with Crippen molar-refractivity contribution < 1.29 is 23.1 Å². The largest absolute Gasteiger partial charge is 0.476 e. The average molecular weight is 313 g/mol. The molecule has 2 rings (SSSR count). The average Bonchev–Trinajstić information content (AvgIpc) is 2.79. The number of halogens is 3. The van der Waals surface area contributed by atoms with Gasteiger partial charge < -0.3 is 10.0 Å². The maximum Gasteiger partial charge on any atom is 0.416 e. The minimum Gasteiger partial charge on any atom is -0.476 e. The van der Waals surface area contributed by atoms with Crippen LogP contribution >= 0.6 is 0 Å². The predicted molar refractivity (Wildman–Crippen MR) is 74.9 cm³/mol. The molecule has 0 aliphatic carbocycles. The van der Waals surface area contributed by atoms with E-state index in [-0.39, 0.29) is 11.3 Å². The molecule has 8 heteroatoms. The third-order valence-corrected chi connectivity index (χ3v) is 3.18. The van der Waals surface area contributed by atoms with Crippen LogP contribution in [0, 0.1) is 0 Å². The van der Waals surface area contributed by atoms with Gasteiger partial charge in [0, 0.05) is 32.4 Å². The topological polar surface area (TPSA) is 58.4 Å². The maximum absolute atomic E-state index is 12.9. The molecule has 1 N–H and O–H groups in total. The molecule has 0 aliphatic heterocycles. The van der Waals surface area contributed by atoms with Crippen LogP contribution in [0.25, 0.3) is 11.3 Å². The molecule has 5 nitrogen and oxygen atoms in total. The highest BCUT2D eigenvalue weighted by atomic mass is 19.4. The van der Waals surface area contributed by atoms with E-state index in [1.54, 1.807) is 19.0 Å². The van der Waals surface area contributed by atoms with Crippen molar-refractivity contribution in [1.29, 1.82) is 0 Å². The lowest BCUT2D eigenvalue weighted by Gasteiger charge is -2.19. The van der Waals surface area contributed by atoms with Crippen molar-refractivity contribution in [2.24, 2.45) is 7.05 Å². The lowest BCUT2D eigenvalue weighted by Crippen LogP contribution is -2.13. The number of carboxylic acid groups (broad SMARTS) is 1. The Kier molecular flexibility index (Phi) is 3.87. The van der Waals surface area contributed by atoms with Crippen molar-refractivity contribution in [3.8, 4) is 11.3 Å². The molecular formula is C14H14F3N3O2. The molecule has 1 aromatic carbocycles. The molecule has 0 aliphatic rings. The number of hydrogen-bond donors (Lipinski definition) is 1. The van der Waals surface area contributed by atoms with E-state index in [0.717, 1.165) is 12.1 Å². The summed E-state index contributed by atoms with van der Waals surface area (Å²) >= 11 is 0. The summed E-state index contributed by atoms with van der Waals surface area (Å²) in [4.78, 5) is 12.6. The molecule has 1 aromatic heterocycles. The van der Waals surface area contributed by atoms with Crippen LogP contribution in [0.4, 0.5) is 18.9 Å². The van der Waals surface area contributed by atoms with Gasteiger partial charge in [-0.05, 0) is 24.3 Å². The zero-order valence-corrected chi connectivity index (χ0v) is 12.1. The molecule has 22 heavy (non-hydrogen) atoms. The summed E-state index contributed by atoms with van der Waals surface area (Å²) in [6.45, 7) is 0. The number of aryl methyl sites for hydroxylation is 1. The van der Waals surface area contributed by atoms with Crippen LogP contribution in [-0.4, -0.2) is 35.0 Å². The summed E-state index contributed by atoms with van der Waals surface area (Å²) in [5.41, 5.74) is 0.0771. The van der Waals surface area contributed by atoms with Gasteiger partial charge in [-0.1, -0.05) is 0 Å². The lowest BCUT2D eigenvalue weighted by atomic mass is 10.0. The number of aromatic carboxylic acids is 1. The minimum atomic E-state index is -4.48. The van der Waals surface area contributed by atoms with E-state index in [9.17, 15) is 18.0 Å². The number of benzene rings is 1. The number of nitrogens with zero attached hydrogens (tertiary/aromatic N) is 3. The van der Waals surface area contributed by atoms with Gasteiger partial charge in [0.2, 0.25) is 0 Å². The Morgan fingerprint density at radius 3 is 2.36 bits per heavy atom. The van der Waals surface area contributed by atoms with Crippen LogP contribution in [0.5, 0.6) is 0 Å². The number of hydrogen-bond acceptors (Lipinski definition) is 3. The summed E-state index contributed by atoms with van der Waals surface area (Å²) in [5, 5.41) is 12.8. The van der Waals surface area contributed by atoms with Crippen LogP contribution in [0.2, 0.25) is 0 Å². The van der Waals surface area contributed by atoms with Crippen LogP contribution in [0.1, 0.15) is 16.1 Å². The van der Waals surface area contributed by atoms with Gasteiger partial charge in [0.15, 0.2) is 5.69 Å². The molecule has 0 atom stereocenters. The van der Waals surface area contributed by atoms with Crippen LogP contribution in [0.3, 0.4) is 0 Å². The fourth-order valence-corrected chi connectivity index (χ4v) is 2.13. The van der Waals surface area contributed by atoms with Gasteiger partial charge in [-0.3, -0.25) is 4.68 Å². The number of alkyl halides is 3. The number of carboxylic acids is 1. The number of rotatable bonds is 3. The Morgan fingerprint density at radius 1 is 1.27 bits per heavy atom. The highest BCUT2D eigenvalue weighted by Crippen LogP contribution is 2.37. The highest BCUT2D eigenvalue weighted by Gasteiger charge is 2.31. The van der Waals surface area contributed by atoms with E-state index in [1.165, 1.54) is 23.9 Å². The van der Waals surface area contributed by atoms with Gasteiger partial charge in [0.25, 0.3) is 0 Å². The second-order valence-corrected chi connectivity index (χ2v) is 4.97. The second-order valence-electron chi connectivity index (χ2n) is 4.97. The molecule has 1 heterocycles. The van der Waals surface area contributed by atoms with Crippen molar-refractivity contribution in [2.45, 2.75) is 6.18 Å². The van der Waals surface area contributed by atoms with Crippen molar-refractivity contribution >= 4 is 11.7 Å². The Hall–Kier alpha value is -2.51. The molecule has 0 saturated heterocycles. The van der Waals surface area contributed by atoms with Gasteiger partial charge in [0.05, 0.1) is 11.3 Å². The Labute approximate surface area is 124 Å². The monoisotopic (exact) mass is 313 g/mol.